The van der Waals surface area contributed by atoms with Crippen molar-refractivity contribution in [1.82, 2.24) is 21.3 Å². The average Bonchev–Trinajstić information content (AvgIpc) is 3.74. The highest BCUT2D eigenvalue weighted by Gasteiger charge is 2.37. The van der Waals surface area contributed by atoms with Crippen LogP contribution in [0.25, 0.3) is 0 Å². The van der Waals surface area contributed by atoms with Gasteiger partial charge in [0.05, 0.1) is 6.04 Å². The van der Waals surface area contributed by atoms with Crippen LogP contribution >= 0.6 is 0 Å². The van der Waals surface area contributed by atoms with Crippen LogP contribution in [0.15, 0.2) is 48.5 Å². The summed E-state index contributed by atoms with van der Waals surface area (Å²) in [6.07, 6.45) is 2.77. The van der Waals surface area contributed by atoms with Crippen molar-refractivity contribution >= 4 is 17.7 Å². The number of benzene rings is 2. The van der Waals surface area contributed by atoms with Crippen LogP contribution in [0.2, 0.25) is 0 Å². The number of ether oxygens (including phenoxy) is 1. The third-order valence-electron chi connectivity index (χ3n) is 7.16. The number of nitrogens with one attached hydrogen (secondary N) is 4. The van der Waals surface area contributed by atoms with E-state index in [4.69, 9.17) is 4.74 Å². The number of halogens is 1. The van der Waals surface area contributed by atoms with Gasteiger partial charge in [0.15, 0.2) is 0 Å². The molecular weight excluding hydrogens is 487 g/mol. The molecule has 2 aromatic carbocycles. The van der Waals surface area contributed by atoms with Crippen molar-refractivity contribution in [3.05, 3.63) is 65.5 Å². The third-order valence-corrected chi connectivity index (χ3v) is 7.16. The lowest BCUT2D eigenvalue weighted by Gasteiger charge is -2.24. The van der Waals surface area contributed by atoms with Gasteiger partial charge in [-0.3, -0.25) is 14.4 Å². The fraction of sp³-hybridized carbons (Fsp3) is 0.483. The van der Waals surface area contributed by atoms with Crippen LogP contribution in [-0.2, 0) is 20.8 Å². The quantitative estimate of drug-likeness (QED) is 0.493. The van der Waals surface area contributed by atoms with Gasteiger partial charge in [0, 0.05) is 19.5 Å². The molecule has 1 unspecified atom stereocenters. The molecule has 0 aromatic heterocycles. The van der Waals surface area contributed by atoms with Crippen molar-refractivity contribution in [1.29, 1.82) is 0 Å². The van der Waals surface area contributed by atoms with Crippen LogP contribution in [0.5, 0.6) is 5.75 Å². The molecule has 4 atom stereocenters. The van der Waals surface area contributed by atoms with Crippen LogP contribution in [0.1, 0.15) is 50.2 Å². The Morgan fingerprint density at radius 1 is 0.868 bits per heavy atom. The van der Waals surface area contributed by atoms with Crippen molar-refractivity contribution < 1.29 is 23.5 Å². The minimum Gasteiger partial charge on any atom is -0.492 e. The smallest absolute Gasteiger partial charge is 0.242 e. The second-order valence-corrected chi connectivity index (χ2v) is 10.3. The first-order chi connectivity index (χ1) is 18.3. The van der Waals surface area contributed by atoms with Gasteiger partial charge in [-0.25, -0.2) is 4.39 Å². The Labute approximate surface area is 223 Å². The summed E-state index contributed by atoms with van der Waals surface area (Å²) in [5.74, 6) is -0.283. The van der Waals surface area contributed by atoms with E-state index in [0.29, 0.717) is 31.7 Å². The molecule has 4 rings (SSSR count). The van der Waals surface area contributed by atoms with Crippen LogP contribution in [-0.4, -0.2) is 55.5 Å². The lowest BCUT2D eigenvalue weighted by molar-refractivity contribution is -0.132. The summed E-state index contributed by atoms with van der Waals surface area (Å²) in [7, 11) is 0. The van der Waals surface area contributed by atoms with Crippen molar-refractivity contribution in [2.45, 2.75) is 63.6 Å². The fourth-order valence-electron chi connectivity index (χ4n) is 4.72. The summed E-state index contributed by atoms with van der Waals surface area (Å²) < 4.78 is 19.5. The fourth-order valence-corrected chi connectivity index (χ4v) is 4.72. The highest BCUT2D eigenvalue weighted by atomic mass is 19.1. The molecule has 1 aliphatic heterocycles. The van der Waals surface area contributed by atoms with Gasteiger partial charge in [0.1, 0.15) is 30.3 Å². The maximum Gasteiger partial charge on any atom is 0.242 e. The molecule has 38 heavy (non-hydrogen) atoms. The van der Waals surface area contributed by atoms with E-state index in [1.54, 1.807) is 19.1 Å². The van der Waals surface area contributed by atoms with Crippen molar-refractivity contribution in [3.8, 4) is 5.75 Å². The predicted molar refractivity (Wildman–Crippen MR) is 142 cm³/mol. The molecule has 0 radical (unpaired) electrons. The number of amides is 3. The van der Waals surface area contributed by atoms with E-state index in [1.165, 1.54) is 12.1 Å². The topological polar surface area (TPSA) is 109 Å². The molecule has 3 amide bonds. The summed E-state index contributed by atoms with van der Waals surface area (Å²) in [6.45, 7) is 4.98. The minimum atomic E-state index is -0.880. The Kier molecular flexibility index (Phi) is 9.33. The van der Waals surface area contributed by atoms with Gasteiger partial charge >= 0.3 is 0 Å². The number of carbonyl (C=O) groups is 3. The summed E-state index contributed by atoms with van der Waals surface area (Å²) in [6, 6.07) is 11.5. The van der Waals surface area contributed by atoms with E-state index in [9.17, 15) is 18.8 Å². The lowest BCUT2D eigenvalue weighted by Crippen LogP contribution is -2.56. The number of fused-ring (bicyclic) bond motifs is 1. The van der Waals surface area contributed by atoms with Gasteiger partial charge < -0.3 is 26.0 Å². The zero-order valence-corrected chi connectivity index (χ0v) is 22.0. The lowest BCUT2D eigenvalue weighted by atomic mass is 9.96. The molecule has 1 saturated carbocycles. The average molecular weight is 525 g/mol. The minimum absolute atomic E-state index is 0.119. The first-order valence-corrected chi connectivity index (χ1v) is 13.4. The monoisotopic (exact) mass is 524 g/mol. The molecular formula is C29H37FN4O4. The summed E-state index contributed by atoms with van der Waals surface area (Å²) >= 11 is 0. The molecule has 0 saturated heterocycles. The molecule has 8 nitrogen and oxygen atoms in total. The van der Waals surface area contributed by atoms with Gasteiger partial charge in [-0.2, -0.15) is 0 Å². The Balaban J connectivity index is 1.53. The maximum atomic E-state index is 13.4. The van der Waals surface area contributed by atoms with E-state index in [-0.39, 0.29) is 35.9 Å². The van der Waals surface area contributed by atoms with E-state index in [1.807, 2.05) is 24.3 Å². The molecule has 9 heteroatoms. The number of hydrogen-bond acceptors (Lipinski definition) is 5. The summed E-state index contributed by atoms with van der Waals surface area (Å²) in [5.41, 5.74) is 1.76. The number of carbonyl (C=O) groups excluding carboxylic acids is 3. The van der Waals surface area contributed by atoms with E-state index >= 15 is 0 Å². The van der Waals surface area contributed by atoms with Gasteiger partial charge in [0.25, 0.3) is 0 Å². The molecule has 0 spiro atoms. The van der Waals surface area contributed by atoms with Crippen LogP contribution < -0.4 is 26.0 Å². The molecule has 0 bridgehead atoms. The normalized spacial score (nSPS) is 26.0. The van der Waals surface area contributed by atoms with Gasteiger partial charge in [-0.15, -0.1) is 0 Å². The Hall–Kier alpha value is -3.46. The van der Waals surface area contributed by atoms with Crippen LogP contribution in [0, 0.1) is 11.7 Å². The van der Waals surface area contributed by atoms with E-state index < -0.39 is 24.0 Å². The van der Waals surface area contributed by atoms with E-state index in [0.717, 1.165) is 24.2 Å². The largest absolute Gasteiger partial charge is 0.492 e. The standard InChI is InChI=1S/C29H37FN4O4/c1-18-13-14-32-28(36)24(17-20-7-11-22(30)12-8-20)34-27(35)19(2)33-29(37)26(21-9-10-21)31-15-16-38-25-6-4-3-5-23(18)25/h3-8,11-12,18-19,21,24,26,31H,9-10,13-17H2,1-2H3,(H,32,36)(H,33,37)(H,34,35)/t18?,19-,24-,26+/m1/s1. The Bertz CT molecular complexity index is 1120. The Morgan fingerprint density at radius 3 is 2.34 bits per heavy atom. The third kappa shape index (κ3) is 7.54. The number of rotatable bonds is 3. The second kappa shape index (κ2) is 12.9. The highest BCUT2D eigenvalue weighted by molar-refractivity contribution is 5.93. The summed E-state index contributed by atoms with van der Waals surface area (Å²) in [5, 5.41) is 11.8. The molecule has 1 fully saturated rings. The molecule has 1 aliphatic carbocycles. The number of hydrogen-bond donors (Lipinski definition) is 4. The van der Waals surface area contributed by atoms with Gasteiger partial charge in [-0.1, -0.05) is 37.3 Å². The van der Waals surface area contributed by atoms with E-state index in [2.05, 4.69) is 28.2 Å². The molecule has 4 N–H and O–H groups in total. The first kappa shape index (κ1) is 27.6. The van der Waals surface area contributed by atoms with Crippen LogP contribution in [0.3, 0.4) is 0 Å². The second-order valence-electron chi connectivity index (χ2n) is 10.3. The van der Waals surface area contributed by atoms with Gasteiger partial charge in [-0.05, 0) is 67.3 Å². The number of para-hydroxylation sites is 1. The first-order valence-electron chi connectivity index (χ1n) is 13.4. The predicted octanol–water partition coefficient (Wildman–Crippen LogP) is 2.43. The highest BCUT2D eigenvalue weighted by Crippen LogP contribution is 2.33. The molecule has 204 valence electrons. The van der Waals surface area contributed by atoms with Crippen molar-refractivity contribution in [3.63, 3.8) is 0 Å². The van der Waals surface area contributed by atoms with Crippen molar-refractivity contribution in [2.75, 3.05) is 19.7 Å². The van der Waals surface area contributed by atoms with Crippen molar-refractivity contribution in [2.24, 2.45) is 5.92 Å². The Morgan fingerprint density at radius 2 is 1.61 bits per heavy atom. The van der Waals surface area contributed by atoms with Gasteiger partial charge in [0.2, 0.25) is 17.7 Å². The zero-order valence-electron chi connectivity index (χ0n) is 22.0. The van der Waals surface area contributed by atoms with Crippen LogP contribution in [0.4, 0.5) is 4.39 Å². The zero-order chi connectivity index (χ0) is 27.1. The maximum absolute atomic E-state index is 13.4. The summed E-state index contributed by atoms with van der Waals surface area (Å²) in [4.78, 5) is 39.2. The SMILES string of the molecule is CC1CCNC(=O)[C@@H](Cc2ccc(F)cc2)NC(=O)[C@@H](C)NC(=O)[C@H](C2CC2)NCCOc2ccccc21. The molecule has 2 aliphatic rings. The molecule has 2 aromatic rings. The molecule has 1 heterocycles.